The van der Waals surface area contributed by atoms with Gasteiger partial charge >= 0.3 is 0 Å². The average Bonchev–Trinajstić information content (AvgIpc) is 3.49. The van der Waals surface area contributed by atoms with Crippen LogP contribution in [0.25, 0.3) is 10.9 Å². The van der Waals surface area contributed by atoms with Crippen molar-refractivity contribution in [2.75, 3.05) is 0 Å². The highest BCUT2D eigenvalue weighted by atomic mass is 16.3. The smallest absolute Gasteiger partial charge is 0.252 e. The monoisotopic (exact) mass is 468 g/mol. The van der Waals surface area contributed by atoms with E-state index >= 15 is 0 Å². The molecule has 35 heavy (non-hydrogen) atoms. The van der Waals surface area contributed by atoms with Crippen molar-refractivity contribution in [3.8, 4) is 0 Å². The maximum Gasteiger partial charge on any atom is 0.252 e. The number of aryl methyl sites for hydroxylation is 3. The number of nitrogens with zero attached hydrogens (tertiary/aromatic N) is 5. The summed E-state index contributed by atoms with van der Waals surface area (Å²) in [6.07, 6.45) is 1.64. The van der Waals surface area contributed by atoms with Crippen LogP contribution in [0.4, 0.5) is 0 Å². The maximum absolute atomic E-state index is 13.0. The molecular weight excluding hydrogens is 440 g/mol. The van der Waals surface area contributed by atoms with Gasteiger partial charge in [-0.25, -0.2) is 4.68 Å². The van der Waals surface area contributed by atoms with E-state index in [1.807, 2.05) is 31.2 Å². The van der Waals surface area contributed by atoms with E-state index in [1.54, 1.807) is 10.9 Å². The van der Waals surface area contributed by atoms with E-state index in [1.165, 1.54) is 5.56 Å². The first kappa shape index (κ1) is 22.7. The van der Waals surface area contributed by atoms with Crippen LogP contribution in [-0.4, -0.2) is 30.1 Å². The van der Waals surface area contributed by atoms with Crippen molar-refractivity contribution in [3.63, 3.8) is 0 Å². The Kier molecular flexibility index (Phi) is 6.29. The number of aromatic amines is 1. The molecule has 0 aliphatic heterocycles. The number of benzene rings is 2. The highest BCUT2D eigenvalue weighted by Crippen LogP contribution is 2.20. The standard InChI is InChI=1S/C27H28N6O2/c1-18-6-8-21(9-7-18)14-32(17-26-29-30-31-33(26)16-23-5-4-10-35-23)15-22-13-24-20(3)11-19(2)12-25(24)28-27(22)34/h4-13H,14-17H2,1-3H3,(H,28,34). The molecule has 8 heteroatoms. The van der Waals surface area contributed by atoms with Crippen LogP contribution < -0.4 is 5.56 Å². The Balaban J connectivity index is 1.46. The zero-order valence-electron chi connectivity index (χ0n) is 20.2. The van der Waals surface area contributed by atoms with Crippen LogP contribution in [0, 0.1) is 20.8 Å². The lowest BCUT2D eigenvalue weighted by molar-refractivity contribution is 0.235. The number of tetrazole rings is 1. The van der Waals surface area contributed by atoms with Crippen LogP contribution in [0.1, 0.15) is 39.4 Å². The lowest BCUT2D eigenvalue weighted by Gasteiger charge is -2.22. The summed E-state index contributed by atoms with van der Waals surface area (Å²) < 4.78 is 7.20. The van der Waals surface area contributed by atoms with E-state index in [2.05, 4.69) is 69.6 Å². The summed E-state index contributed by atoms with van der Waals surface area (Å²) in [6, 6.07) is 18.3. The van der Waals surface area contributed by atoms with Crippen molar-refractivity contribution in [2.24, 2.45) is 0 Å². The highest BCUT2D eigenvalue weighted by molar-refractivity contribution is 5.83. The molecule has 0 saturated carbocycles. The van der Waals surface area contributed by atoms with Crippen molar-refractivity contribution in [3.05, 3.63) is 111 Å². The molecule has 0 unspecified atom stereocenters. The number of fused-ring (bicyclic) bond motifs is 1. The van der Waals surface area contributed by atoms with Gasteiger partial charge in [0.15, 0.2) is 5.82 Å². The van der Waals surface area contributed by atoms with Crippen LogP contribution in [0.2, 0.25) is 0 Å². The molecule has 1 N–H and O–H groups in total. The van der Waals surface area contributed by atoms with Gasteiger partial charge in [0.2, 0.25) is 0 Å². The molecule has 0 bridgehead atoms. The first-order valence-electron chi connectivity index (χ1n) is 11.6. The Bertz CT molecular complexity index is 1500. The highest BCUT2D eigenvalue weighted by Gasteiger charge is 2.17. The zero-order chi connectivity index (χ0) is 24.4. The summed E-state index contributed by atoms with van der Waals surface area (Å²) in [6.45, 7) is 8.22. The Morgan fingerprint density at radius 1 is 0.971 bits per heavy atom. The molecule has 0 radical (unpaired) electrons. The molecule has 0 fully saturated rings. The summed E-state index contributed by atoms with van der Waals surface area (Å²) in [5.41, 5.74) is 6.13. The number of rotatable bonds is 8. The number of aromatic nitrogens is 5. The number of nitrogens with one attached hydrogen (secondary N) is 1. The first-order valence-corrected chi connectivity index (χ1v) is 11.6. The van der Waals surface area contributed by atoms with Gasteiger partial charge in [-0.1, -0.05) is 35.9 Å². The molecule has 5 aromatic rings. The lowest BCUT2D eigenvalue weighted by atomic mass is 10.0. The van der Waals surface area contributed by atoms with Crippen molar-refractivity contribution in [2.45, 2.75) is 47.0 Å². The zero-order valence-corrected chi connectivity index (χ0v) is 20.2. The summed E-state index contributed by atoms with van der Waals surface area (Å²) in [7, 11) is 0. The second-order valence-electron chi connectivity index (χ2n) is 9.13. The topological polar surface area (TPSA) is 92.8 Å². The fourth-order valence-corrected chi connectivity index (χ4v) is 4.40. The second kappa shape index (κ2) is 9.68. The van der Waals surface area contributed by atoms with Gasteiger partial charge in [-0.05, 0) is 72.2 Å². The third-order valence-corrected chi connectivity index (χ3v) is 6.17. The van der Waals surface area contributed by atoms with E-state index in [0.29, 0.717) is 37.6 Å². The van der Waals surface area contributed by atoms with Gasteiger partial charge in [-0.15, -0.1) is 5.10 Å². The molecule has 3 aromatic heterocycles. The third-order valence-electron chi connectivity index (χ3n) is 6.17. The van der Waals surface area contributed by atoms with Gasteiger partial charge in [0, 0.05) is 29.6 Å². The maximum atomic E-state index is 13.0. The summed E-state index contributed by atoms with van der Waals surface area (Å²) >= 11 is 0. The molecule has 2 aromatic carbocycles. The summed E-state index contributed by atoms with van der Waals surface area (Å²) in [4.78, 5) is 18.3. The van der Waals surface area contributed by atoms with E-state index < -0.39 is 0 Å². The number of hydrogen-bond acceptors (Lipinski definition) is 6. The van der Waals surface area contributed by atoms with Gasteiger partial charge < -0.3 is 9.40 Å². The van der Waals surface area contributed by atoms with E-state index in [-0.39, 0.29) is 5.56 Å². The van der Waals surface area contributed by atoms with Gasteiger partial charge in [0.05, 0.1) is 12.8 Å². The van der Waals surface area contributed by atoms with Crippen LogP contribution in [0.3, 0.4) is 0 Å². The van der Waals surface area contributed by atoms with E-state index in [0.717, 1.165) is 33.4 Å². The van der Waals surface area contributed by atoms with Crippen LogP contribution in [-0.2, 0) is 26.2 Å². The predicted molar refractivity (Wildman–Crippen MR) is 134 cm³/mol. The van der Waals surface area contributed by atoms with Crippen molar-refractivity contribution < 1.29 is 4.42 Å². The molecule has 0 spiro atoms. The Labute approximate surface area is 203 Å². The molecule has 0 aliphatic rings. The van der Waals surface area contributed by atoms with Crippen LogP contribution in [0.5, 0.6) is 0 Å². The molecule has 0 amide bonds. The van der Waals surface area contributed by atoms with E-state index in [9.17, 15) is 4.79 Å². The van der Waals surface area contributed by atoms with E-state index in [4.69, 9.17) is 4.42 Å². The van der Waals surface area contributed by atoms with Gasteiger partial charge in [0.25, 0.3) is 5.56 Å². The molecule has 0 atom stereocenters. The minimum absolute atomic E-state index is 0.0772. The molecule has 0 aliphatic carbocycles. The fourth-order valence-electron chi connectivity index (χ4n) is 4.40. The van der Waals surface area contributed by atoms with Gasteiger partial charge in [0.1, 0.15) is 12.3 Å². The van der Waals surface area contributed by atoms with Crippen molar-refractivity contribution in [1.29, 1.82) is 0 Å². The van der Waals surface area contributed by atoms with Crippen LogP contribution in [0.15, 0.2) is 70.1 Å². The number of hydrogen-bond donors (Lipinski definition) is 1. The average molecular weight is 469 g/mol. The largest absolute Gasteiger partial charge is 0.467 e. The molecular formula is C27H28N6O2. The number of pyridine rings is 1. The molecule has 5 rings (SSSR count). The second-order valence-corrected chi connectivity index (χ2v) is 9.13. The van der Waals surface area contributed by atoms with Crippen molar-refractivity contribution >= 4 is 10.9 Å². The minimum atomic E-state index is -0.0772. The first-order chi connectivity index (χ1) is 16.9. The fraction of sp³-hybridized carbons (Fsp3) is 0.259. The lowest BCUT2D eigenvalue weighted by Crippen LogP contribution is -2.28. The molecule has 8 nitrogen and oxygen atoms in total. The van der Waals surface area contributed by atoms with Gasteiger partial charge in [-0.2, -0.15) is 0 Å². The van der Waals surface area contributed by atoms with Crippen LogP contribution >= 0.6 is 0 Å². The Morgan fingerprint density at radius 3 is 2.57 bits per heavy atom. The summed E-state index contributed by atoms with van der Waals surface area (Å²) in [5, 5.41) is 13.4. The number of H-pyrrole nitrogens is 1. The quantitative estimate of drug-likeness (QED) is 0.365. The Hall–Kier alpha value is -4.04. The normalized spacial score (nSPS) is 11.5. The minimum Gasteiger partial charge on any atom is -0.467 e. The summed E-state index contributed by atoms with van der Waals surface area (Å²) in [5.74, 6) is 1.48. The molecule has 178 valence electrons. The molecule has 3 heterocycles. The van der Waals surface area contributed by atoms with Crippen molar-refractivity contribution in [1.82, 2.24) is 30.1 Å². The number of furan rings is 1. The Morgan fingerprint density at radius 2 is 1.80 bits per heavy atom. The SMILES string of the molecule is Cc1ccc(CN(Cc2cc3c(C)cc(C)cc3[nH]c2=O)Cc2nnnn2Cc2ccco2)cc1. The van der Waals surface area contributed by atoms with Gasteiger partial charge in [-0.3, -0.25) is 9.69 Å². The molecule has 0 saturated heterocycles. The third kappa shape index (κ3) is 5.22. The predicted octanol–water partition coefficient (Wildman–Crippen LogP) is 4.28.